The molecule has 0 radical (unpaired) electrons. The molecule has 2 saturated heterocycles. The third-order valence-electron chi connectivity index (χ3n) is 3.92. The fraction of sp³-hybridized carbons (Fsp3) is 0.917. The van der Waals surface area contributed by atoms with E-state index in [1.807, 2.05) is 14.1 Å². The lowest BCUT2D eigenvalue weighted by Crippen LogP contribution is -2.55. The summed E-state index contributed by atoms with van der Waals surface area (Å²) < 4.78 is 26.0. The minimum absolute atomic E-state index is 0. The fourth-order valence-electron chi connectivity index (χ4n) is 2.56. The summed E-state index contributed by atoms with van der Waals surface area (Å²) in [7, 11) is 4.06. The minimum Gasteiger partial charge on any atom is -0.353 e. The number of carbonyl (C=O) groups is 1. The summed E-state index contributed by atoms with van der Waals surface area (Å²) in [5.74, 6) is -3.08. The second kappa shape index (κ2) is 10.1. The summed E-state index contributed by atoms with van der Waals surface area (Å²) in [6.45, 7) is 2.94. The van der Waals surface area contributed by atoms with E-state index in [1.165, 1.54) is 0 Å². The van der Waals surface area contributed by atoms with E-state index < -0.39 is 24.9 Å². The second-order valence-corrected chi connectivity index (χ2v) is 5.64. The standard InChI is InChI=1S/C12H22F2N4O.3ClH/c1-17-3-4-18(2)9(7-17)6-15-11(19)10-5-12(13,14)8-16-10;;;/h9-10,16H,3-8H2,1-2H3,(H,15,19);3*1H. The first kappa shape index (κ1) is 24.3. The zero-order valence-electron chi connectivity index (χ0n) is 12.7. The van der Waals surface area contributed by atoms with Gasteiger partial charge in [0.15, 0.2) is 0 Å². The third kappa shape index (κ3) is 6.68. The van der Waals surface area contributed by atoms with Crippen LogP contribution in [0.5, 0.6) is 0 Å². The highest BCUT2D eigenvalue weighted by Gasteiger charge is 2.42. The lowest BCUT2D eigenvalue weighted by Gasteiger charge is -2.37. The molecule has 2 fully saturated rings. The third-order valence-corrected chi connectivity index (χ3v) is 3.92. The first-order valence-electron chi connectivity index (χ1n) is 6.65. The molecule has 134 valence electrons. The maximum atomic E-state index is 13.0. The van der Waals surface area contributed by atoms with Crippen LogP contribution in [0, 0.1) is 0 Å². The van der Waals surface area contributed by atoms with Crippen molar-refractivity contribution in [3.63, 3.8) is 0 Å². The van der Waals surface area contributed by atoms with E-state index in [0.717, 1.165) is 19.6 Å². The predicted octanol–water partition coefficient (Wildman–Crippen LogP) is 0.611. The molecule has 2 aliphatic heterocycles. The smallest absolute Gasteiger partial charge is 0.262 e. The predicted molar refractivity (Wildman–Crippen MR) is 90.0 cm³/mol. The van der Waals surface area contributed by atoms with Crippen molar-refractivity contribution in [1.29, 1.82) is 0 Å². The second-order valence-electron chi connectivity index (χ2n) is 5.64. The molecule has 0 spiro atoms. The molecule has 5 nitrogen and oxygen atoms in total. The molecule has 2 rings (SSSR count). The normalized spacial score (nSPS) is 28.0. The van der Waals surface area contributed by atoms with Crippen molar-refractivity contribution in [3.05, 3.63) is 0 Å². The Balaban J connectivity index is 0. The van der Waals surface area contributed by atoms with Crippen LogP contribution in [0.3, 0.4) is 0 Å². The van der Waals surface area contributed by atoms with Gasteiger partial charge in [-0.1, -0.05) is 0 Å². The first-order valence-corrected chi connectivity index (χ1v) is 6.65. The van der Waals surface area contributed by atoms with Crippen LogP contribution in [-0.4, -0.2) is 80.5 Å². The van der Waals surface area contributed by atoms with Crippen molar-refractivity contribution in [1.82, 2.24) is 20.4 Å². The molecule has 2 aliphatic rings. The molecule has 22 heavy (non-hydrogen) atoms. The number of likely N-dealkylation sites (N-methyl/N-ethyl adjacent to an activating group) is 2. The van der Waals surface area contributed by atoms with Gasteiger partial charge in [-0.25, -0.2) is 8.78 Å². The van der Waals surface area contributed by atoms with E-state index in [-0.39, 0.29) is 49.2 Å². The SMILES string of the molecule is CN1CCN(C)C(CNC(=O)C2CC(F)(F)CN2)C1.Cl.Cl.Cl. The average Bonchev–Trinajstić information content (AvgIpc) is 2.70. The molecule has 0 aromatic heterocycles. The number of rotatable bonds is 3. The van der Waals surface area contributed by atoms with Gasteiger partial charge in [0, 0.05) is 38.6 Å². The van der Waals surface area contributed by atoms with Gasteiger partial charge in [-0.2, -0.15) is 0 Å². The molecular formula is C12H25Cl3F2N4O. The first-order chi connectivity index (χ1) is 8.87. The topological polar surface area (TPSA) is 47.6 Å². The zero-order valence-corrected chi connectivity index (χ0v) is 15.1. The highest BCUT2D eigenvalue weighted by atomic mass is 35.5. The number of amides is 1. The van der Waals surface area contributed by atoms with E-state index in [9.17, 15) is 13.6 Å². The van der Waals surface area contributed by atoms with Gasteiger partial charge in [0.05, 0.1) is 12.6 Å². The summed E-state index contributed by atoms with van der Waals surface area (Å²) in [4.78, 5) is 16.2. The highest BCUT2D eigenvalue weighted by molar-refractivity contribution is 5.86. The van der Waals surface area contributed by atoms with Gasteiger partial charge in [0.2, 0.25) is 5.91 Å². The van der Waals surface area contributed by atoms with Crippen LogP contribution >= 0.6 is 37.2 Å². The average molecular weight is 386 g/mol. The molecule has 2 heterocycles. The van der Waals surface area contributed by atoms with Crippen LogP contribution in [0.25, 0.3) is 0 Å². The molecule has 0 aromatic carbocycles. The molecule has 2 atom stereocenters. The molecule has 0 saturated carbocycles. The molecular weight excluding hydrogens is 361 g/mol. The number of hydrogen-bond donors (Lipinski definition) is 2. The zero-order chi connectivity index (χ0) is 14.0. The highest BCUT2D eigenvalue weighted by Crippen LogP contribution is 2.25. The number of alkyl halides is 2. The minimum atomic E-state index is -2.76. The van der Waals surface area contributed by atoms with Crippen molar-refractivity contribution in [3.8, 4) is 0 Å². The quantitative estimate of drug-likeness (QED) is 0.747. The van der Waals surface area contributed by atoms with Crippen LogP contribution in [0.15, 0.2) is 0 Å². The summed E-state index contributed by atoms with van der Waals surface area (Å²) >= 11 is 0. The largest absolute Gasteiger partial charge is 0.353 e. The van der Waals surface area contributed by atoms with E-state index in [1.54, 1.807) is 0 Å². The van der Waals surface area contributed by atoms with Gasteiger partial charge in [0.25, 0.3) is 5.92 Å². The Labute approximate surface area is 148 Å². The van der Waals surface area contributed by atoms with Crippen LogP contribution in [0.2, 0.25) is 0 Å². The van der Waals surface area contributed by atoms with Gasteiger partial charge in [0.1, 0.15) is 0 Å². The molecule has 2 unspecified atom stereocenters. The van der Waals surface area contributed by atoms with Crippen molar-refractivity contribution < 1.29 is 13.6 Å². The van der Waals surface area contributed by atoms with E-state index >= 15 is 0 Å². The van der Waals surface area contributed by atoms with Crippen LogP contribution in [-0.2, 0) is 4.79 Å². The van der Waals surface area contributed by atoms with Crippen LogP contribution in [0.1, 0.15) is 6.42 Å². The van der Waals surface area contributed by atoms with Crippen LogP contribution < -0.4 is 10.6 Å². The monoisotopic (exact) mass is 384 g/mol. The van der Waals surface area contributed by atoms with Crippen molar-refractivity contribution in [2.24, 2.45) is 0 Å². The Hall–Kier alpha value is 0.0800. The van der Waals surface area contributed by atoms with Gasteiger partial charge >= 0.3 is 0 Å². The number of hydrogen-bond acceptors (Lipinski definition) is 4. The lowest BCUT2D eigenvalue weighted by atomic mass is 10.1. The van der Waals surface area contributed by atoms with Crippen molar-refractivity contribution >= 4 is 43.1 Å². The summed E-state index contributed by atoms with van der Waals surface area (Å²) in [5, 5.41) is 5.35. The van der Waals surface area contributed by atoms with Crippen molar-refractivity contribution in [2.75, 3.05) is 46.8 Å². The molecule has 0 aliphatic carbocycles. The van der Waals surface area contributed by atoms with E-state index in [2.05, 4.69) is 20.4 Å². The molecule has 1 amide bonds. The van der Waals surface area contributed by atoms with Gasteiger partial charge in [-0.05, 0) is 14.1 Å². The van der Waals surface area contributed by atoms with Crippen molar-refractivity contribution in [2.45, 2.75) is 24.4 Å². The fourth-order valence-corrected chi connectivity index (χ4v) is 2.56. The van der Waals surface area contributed by atoms with E-state index in [0.29, 0.717) is 6.54 Å². The number of halogens is 5. The summed E-state index contributed by atoms with van der Waals surface area (Å²) in [5.41, 5.74) is 0. The molecule has 2 N–H and O–H groups in total. The lowest BCUT2D eigenvalue weighted by molar-refractivity contribution is -0.123. The maximum absolute atomic E-state index is 13.0. The van der Waals surface area contributed by atoms with Gasteiger partial charge in [-0.3, -0.25) is 15.0 Å². The Morgan fingerprint density at radius 1 is 1.27 bits per heavy atom. The van der Waals surface area contributed by atoms with Gasteiger partial charge in [-0.15, -0.1) is 37.2 Å². The molecule has 0 aromatic rings. The maximum Gasteiger partial charge on any atom is 0.262 e. The summed E-state index contributed by atoms with van der Waals surface area (Å²) in [6, 6.07) is -0.522. The molecule has 0 bridgehead atoms. The summed E-state index contributed by atoms with van der Waals surface area (Å²) in [6.07, 6.45) is -0.404. The number of piperazine rings is 1. The van der Waals surface area contributed by atoms with E-state index in [4.69, 9.17) is 0 Å². The Morgan fingerprint density at radius 2 is 1.91 bits per heavy atom. The van der Waals surface area contributed by atoms with Gasteiger partial charge < -0.3 is 10.2 Å². The Kier molecular flexibility index (Phi) is 11.1. The number of nitrogens with one attached hydrogen (secondary N) is 2. The number of nitrogens with zero attached hydrogens (tertiary/aromatic N) is 2. The number of carbonyl (C=O) groups excluding carboxylic acids is 1. The Bertz CT molecular complexity index is 352. The molecule has 10 heteroatoms. The Morgan fingerprint density at radius 3 is 2.45 bits per heavy atom. The van der Waals surface area contributed by atoms with Crippen LogP contribution in [0.4, 0.5) is 8.78 Å².